The number of rotatable bonds is 4. The van der Waals surface area contributed by atoms with E-state index < -0.39 is 21.4 Å². The van der Waals surface area contributed by atoms with Crippen molar-refractivity contribution in [3.05, 3.63) is 46.5 Å². The van der Waals surface area contributed by atoms with E-state index in [2.05, 4.69) is 15.1 Å². The molecule has 0 atom stereocenters. The van der Waals surface area contributed by atoms with Crippen LogP contribution in [0, 0.1) is 0 Å². The van der Waals surface area contributed by atoms with Crippen molar-refractivity contribution in [2.45, 2.75) is 11.8 Å². The van der Waals surface area contributed by atoms with Gasteiger partial charge in [-0.2, -0.15) is 5.10 Å². The van der Waals surface area contributed by atoms with Gasteiger partial charge < -0.3 is 4.74 Å². The number of nitrogens with zero attached hydrogens (tertiary/aromatic N) is 3. The molecule has 2 heterocycles. The van der Waals surface area contributed by atoms with E-state index in [-0.39, 0.29) is 28.4 Å². The molecule has 0 saturated carbocycles. The number of aromatic nitrogens is 4. The van der Waals surface area contributed by atoms with Crippen molar-refractivity contribution in [2.75, 3.05) is 12.9 Å². The van der Waals surface area contributed by atoms with Gasteiger partial charge in [-0.05, 0) is 25.1 Å². The second-order valence-electron chi connectivity index (χ2n) is 5.23. The fourth-order valence-electron chi connectivity index (χ4n) is 2.20. The Bertz CT molecular complexity index is 1130. The van der Waals surface area contributed by atoms with Gasteiger partial charge in [-0.3, -0.25) is 9.78 Å². The smallest absolute Gasteiger partial charge is 0.341 e. The molecule has 25 heavy (non-hydrogen) atoms. The van der Waals surface area contributed by atoms with Gasteiger partial charge in [-0.1, -0.05) is 0 Å². The minimum atomic E-state index is -3.43. The Morgan fingerprint density at radius 2 is 2.12 bits per heavy atom. The van der Waals surface area contributed by atoms with Crippen LogP contribution in [0.15, 0.2) is 40.3 Å². The quantitative estimate of drug-likeness (QED) is 0.677. The molecule has 1 N–H and O–H groups in total. The molecule has 130 valence electrons. The number of benzene rings is 1. The van der Waals surface area contributed by atoms with Gasteiger partial charge in [0.15, 0.2) is 9.84 Å². The molecular weight excluding hydrogens is 348 g/mol. The molecular formula is C15H14N4O5S. The molecule has 0 saturated heterocycles. The Morgan fingerprint density at radius 3 is 2.80 bits per heavy atom. The number of nitrogens with one attached hydrogen (secondary N) is 1. The van der Waals surface area contributed by atoms with E-state index in [0.717, 1.165) is 6.26 Å². The van der Waals surface area contributed by atoms with Crippen molar-refractivity contribution in [1.82, 2.24) is 19.7 Å². The van der Waals surface area contributed by atoms with E-state index in [0.29, 0.717) is 5.52 Å². The maximum Gasteiger partial charge on any atom is 0.341 e. The standard InChI is InChI=1S/C15H14N4O5S/c1-3-24-14(21)9-7-16-19(8-9)15-17-12-5-4-10(25(2,22)23)6-11(12)13(20)18-15/h4-8H,3H2,1-2H3,(H,17,18,20). The predicted octanol–water partition coefficient (Wildman–Crippen LogP) is 0.689. The van der Waals surface area contributed by atoms with Crippen molar-refractivity contribution >= 4 is 26.7 Å². The van der Waals surface area contributed by atoms with Gasteiger partial charge in [-0.15, -0.1) is 0 Å². The highest BCUT2D eigenvalue weighted by molar-refractivity contribution is 7.90. The van der Waals surface area contributed by atoms with Crippen LogP contribution in [0.1, 0.15) is 17.3 Å². The molecule has 0 aliphatic carbocycles. The number of sulfone groups is 1. The number of hydrogen-bond donors (Lipinski definition) is 1. The zero-order valence-electron chi connectivity index (χ0n) is 13.4. The number of H-pyrrole nitrogens is 1. The number of fused-ring (bicyclic) bond motifs is 1. The lowest BCUT2D eigenvalue weighted by Crippen LogP contribution is -2.14. The summed E-state index contributed by atoms with van der Waals surface area (Å²) in [7, 11) is -3.43. The summed E-state index contributed by atoms with van der Waals surface area (Å²) < 4.78 is 29.3. The molecule has 1 aromatic carbocycles. The van der Waals surface area contributed by atoms with E-state index in [1.54, 1.807) is 6.92 Å². The minimum absolute atomic E-state index is 0.0312. The first-order valence-electron chi connectivity index (χ1n) is 7.26. The average Bonchev–Trinajstić information content (AvgIpc) is 3.04. The van der Waals surface area contributed by atoms with E-state index in [4.69, 9.17) is 4.74 Å². The summed E-state index contributed by atoms with van der Waals surface area (Å²) >= 11 is 0. The Kier molecular flexibility index (Phi) is 4.13. The summed E-state index contributed by atoms with van der Waals surface area (Å²) in [5, 5.41) is 4.12. The second-order valence-corrected chi connectivity index (χ2v) is 7.25. The maximum atomic E-state index is 12.3. The van der Waals surface area contributed by atoms with Gasteiger partial charge in [0.05, 0.1) is 34.2 Å². The van der Waals surface area contributed by atoms with Crippen LogP contribution in [-0.2, 0) is 14.6 Å². The number of carbonyl (C=O) groups excluding carboxylic acids is 1. The van der Waals surface area contributed by atoms with Crippen LogP contribution < -0.4 is 5.56 Å². The van der Waals surface area contributed by atoms with E-state index in [9.17, 15) is 18.0 Å². The molecule has 0 spiro atoms. The molecule has 10 heteroatoms. The number of aromatic amines is 1. The second kappa shape index (κ2) is 6.13. The Hall–Kier alpha value is -3.01. The van der Waals surface area contributed by atoms with Gasteiger partial charge in [0.2, 0.25) is 5.95 Å². The molecule has 0 unspecified atom stereocenters. The van der Waals surface area contributed by atoms with Crippen LogP contribution in [0.3, 0.4) is 0 Å². The molecule has 0 aliphatic heterocycles. The third-order valence-corrected chi connectivity index (χ3v) is 4.51. The van der Waals surface area contributed by atoms with Crippen molar-refractivity contribution in [3.8, 4) is 5.95 Å². The molecule has 0 aliphatic rings. The average molecular weight is 362 g/mol. The minimum Gasteiger partial charge on any atom is -0.462 e. The summed E-state index contributed by atoms with van der Waals surface area (Å²) in [6, 6.07) is 4.09. The third-order valence-electron chi connectivity index (χ3n) is 3.40. The lowest BCUT2D eigenvalue weighted by Gasteiger charge is -2.04. The SMILES string of the molecule is CCOC(=O)c1cnn(-c2nc3ccc(S(C)(=O)=O)cc3c(=O)[nH]2)c1. The number of carbonyl (C=O) groups is 1. The van der Waals surface area contributed by atoms with E-state index >= 15 is 0 Å². The van der Waals surface area contributed by atoms with Crippen molar-refractivity contribution in [3.63, 3.8) is 0 Å². The first kappa shape index (κ1) is 16.8. The van der Waals surface area contributed by atoms with Crippen LogP contribution >= 0.6 is 0 Å². The van der Waals surface area contributed by atoms with Gasteiger partial charge in [0.25, 0.3) is 5.56 Å². The highest BCUT2D eigenvalue weighted by Crippen LogP contribution is 2.15. The third kappa shape index (κ3) is 3.29. The van der Waals surface area contributed by atoms with Crippen LogP contribution in [-0.4, -0.2) is 47.0 Å². The van der Waals surface area contributed by atoms with Crippen molar-refractivity contribution < 1.29 is 17.9 Å². The topological polar surface area (TPSA) is 124 Å². The predicted molar refractivity (Wildman–Crippen MR) is 88.6 cm³/mol. The Balaban J connectivity index is 2.07. The van der Waals surface area contributed by atoms with Crippen molar-refractivity contribution in [2.24, 2.45) is 0 Å². The lowest BCUT2D eigenvalue weighted by molar-refractivity contribution is 0.0526. The Labute approximate surface area is 142 Å². The fourth-order valence-corrected chi connectivity index (χ4v) is 2.85. The van der Waals surface area contributed by atoms with Crippen LogP contribution in [0.2, 0.25) is 0 Å². The molecule has 3 aromatic rings. The monoisotopic (exact) mass is 362 g/mol. The summed E-state index contributed by atoms with van der Waals surface area (Å²) in [5.74, 6) is -0.435. The number of hydrogen-bond acceptors (Lipinski definition) is 7. The first-order valence-corrected chi connectivity index (χ1v) is 9.15. The normalized spacial score (nSPS) is 11.6. The summed E-state index contributed by atoms with van der Waals surface area (Å²) in [6.07, 6.45) is 3.74. The molecule has 9 nitrogen and oxygen atoms in total. The largest absolute Gasteiger partial charge is 0.462 e. The van der Waals surface area contributed by atoms with Gasteiger partial charge in [-0.25, -0.2) is 22.9 Å². The first-order chi connectivity index (χ1) is 11.8. The van der Waals surface area contributed by atoms with Crippen LogP contribution in [0.5, 0.6) is 0 Å². The van der Waals surface area contributed by atoms with Gasteiger partial charge in [0, 0.05) is 12.5 Å². The summed E-state index contributed by atoms with van der Waals surface area (Å²) in [5.41, 5.74) is 0.00930. The zero-order valence-corrected chi connectivity index (χ0v) is 14.2. The van der Waals surface area contributed by atoms with Crippen LogP contribution in [0.4, 0.5) is 0 Å². The highest BCUT2D eigenvalue weighted by Gasteiger charge is 2.14. The molecule has 0 bridgehead atoms. The highest BCUT2D eigenvalue weighted by atomic mass is 32.2. The molecule has 2 aromatic heterocycles. The zero-order chi connectivity index (χ0) is 18.2. The van der Waals surface area contributed by atoms with Gasteiger partial charge >= 0.3 is 5.97 Å². The Morgan fingerprint density at radius 1 is 1.36 bits per heavy atom. The molecule has 0 radical (unpaired) electrons. The van der Waals surface area contributed by atoms with Crippen LogP contribution in [0.25, 0.3) is 16.9 Å². The van der Waals surface area contributed by atoms with E-state index in [1.165, 1.54) is 35.3 Å². The fraction of sp³-hybridized carbons (Fsp3) is 0.200. The molecule has 0 amide bonds. The number of ether oxygens (including phenoxy) is 1. The lowest BCUT2D eigenvalue weighted by atomic mass is 10.2. The van der Waals surface area contributed by atoms with Gasteiger partial charge in [0.1, 0.15) is 0 Å². The van der Waals surface area contributed by atoms with E-state index in [1.807, 2.05) is 0 Å². The molecule has 0 fully saturated rings. The summed E-state index contributed by atoms with van der Waals surface area (Å²) in [6.45, 7) is 1.92. The number of esters is 1. The molecule has 3 rings (SSSR count). The summed E-state index contributed by atoms with van der Waals surface area (Å²) in [4.78, 5) is 30.7. The van der Waals surface area contributed by atoms with Crippen molar-refractivity contribution in [1.29, 1.82) is 0 Å². The maximum absolute atomic E-state index is 12.3.